The average molecular weight is 300 g/mol. The number of benzene rings is 1. The van der Waals surface area contributed by atoms with Gasteiger partial charge in [0, 0.05) is 26.7 Å². The average Bonchev–Trinajstić information content (AvgIpc) is 2.42. The molecule has 6 heteroatoms. The van der Waals surface area contributed by atoms with E-state index < -0.39 is 10.0 Å². The summed E-state index contributed by atoms with van der Waals surface area (Å²) in [5.41, 5.74) is 8.18. The Morgan fingerprint density at radius 1 is 1.30 bits per heavy atom. The van der Waals surface area contributed by atoms with Crippen LogP contribution in [0.4, 0.5) is 0 Å². The zero-order valence-electron chi connectivity index (χ0n) is 12.6. The van der Waals surface area contributed by atoms with Crippen LogP contribution in [0.15, 0.2) is 17.0 Å². The van der Waals surface area contributed by atoms with Crippen molar-refractivity contribution in [2.24, 2.45) is 5.73 Å². The number of methoxy groups -OCH3 is 1. The van der Waals surface area contributed by atoms with Crippen molar-refractivity contribution in [3.63, 3.8) is 0 Å². The maximum absolute atomic E-state index is 12.7. The number of hydrogen-bond acceptors (Lipinski definition) is 4. The molecule has 1 aromatic carbocycles. The molecular weight excluding hydrogens is 276 g/mol. The zero-order chi connectivity index (χ0) is 15.3. The van der Waals surface area contributed by atoms with Crippen LogP contribution in [0.5, 0.6) is 0 Å². The molecule has 0 saturated heterocycles. The summed E-state index contributed by atoms with van der Waals surface area (Å²) in [7, 11) is -1.95. The Labute approximate surface area is 121 Å². The van der Waals surface area contributed by atoms with Crippen LogP contribution < -0.4 is 5.73 Å². The maximum Gasteiger partial charge on any atom is 0.243 e. The first kappa shape index (κ1) is 17.1. The molecule has 0 fully saturated rings. The largest absolute Gasteiger partial charge is 0.383 e. The first-order valence-electron chi connectivity index (χ1n) is 6.67. The molecular formula is C14H24N2O3S. The SMILES string of the molecule is CCN(CCOC)S(=O)(=O)c1cc(CN)cc(C)c1C. The van der Waals surface area contributed by atoms with E-state index in [1.165, 1.54) is 4.31 Å². The Bertz CT molecular complexity index is 556. The fraction of sp³-hybridized carbons (Fsp3) is 0.571. The Morgan fingerprint density at radius 3 is 2.45 bits per heavy atom. The summed E-state index contributed by atoms with van der Waals surface area (Å²) in [6.45, 7) is 7.01. The summed E-state index contributed by atoms with van der Waals surface area (Å²) in [5.74, 6) is 0. The molecule has 1 rings (SSSR count). The van der Waals surface area contributed by atoms with Crippen molar-refractivity contribution in [1.82, 2.24) is 4.31 Å². The molecule has 0 aliphatic heterocycles. The van der Waals surface area contributed by atoms with Gasteiger partial charge in [-0.25, -0.2) is 8.42 Å². The standard InChI is InChI=1S/C14H24N2O3S/c1-5-16(6-7-19-4)20(17,18)14-9-13(10-15)8-11(2)12(14)3/h8-9H,5-7,10,15H2,1-4H3. The lowest BCUT2D eigenvalue weighted by molar-refractivity contribution is 0.180. The number of hydrogen-bond donors (Lipinski definition) is 1. The van der Waals surface area contributed by atoms with Gasteiger partial charge >= 0.3 is 0 Å². The molecule has 5 nitrogen and oxygen atoms in total. The number of sulfonamides is 1. The Balaban J connectivity index is 3.29. The Kier molecular flexibility index (Phi) is 6.13. The summed E-state index contributed by atoms with van der Waals surface area (Å²) >= 11 is 0. The normalized spacial score (nSPS) is 12.1. The molecule has 0 aromatic heterocycles. The molecule has 0 saturated carbocycles. The van der Waals surface area contributed by atoms with Gasteiger partial charge in [0.2, 0.25) is 10.0 Å². The molecule has 20 heavy (non-hydrogen) atoms. The van der Waals surface area contributed by atoms with Gasteiger partial charge in [0.05, 0.1) is 11.5 Å². The van der Waals surface area contributed by atoms with Gasteiger partial charge < -0.3 is 10.5 Å². The van der Waals surface area contributed by atoms with E-state index in [-0.39, 0.29) is 0 Å². The van der Waals surface area contributed by atoms with E-state index in [1.54, 1.807) is 13.2 Å². The fourth-order valence-electron chi connectivity index (χ4n) is 2.07. The van der Waals surface area contributed by atoms with Gasteiger partial charge in [-0.05, 0) is 36.6 Å². The summed E-state index contributed by atoms with van der Waals surface area (Å²) in [4.78, 5) is 0.343. The predicted molar refractivity (Wildman–Crippen MR) is 80.1 cm³/mol. The van der Waals surface area contributed by atoms with E-state index in [4.69, 9.17) is 10.5 Å². The van der Waals surface area contributed by atoms with Crippen LogP contribution in [0.2, 0.25) is 0 Å². The van der Waals surface area contributed by atoms with Crippen LogP contribution >= 0.6 is 0 Å². The molecule has 0 atom stereocenters. The van der Waals surface area contributed by atoms with Crippen LogP contribution in [0.25, 0.3) is 0 Å². The third kappa shape index (κ3) is 3.58. The highest BCUT2D eigenvalue weighted by atomic mass is 32.2. The summed E-state index contributed by atoms with van der Waals surface area (Å²) in [6, 6.07) is 3.60. The number of rotatable bonds is 7. The summed E-state index contributed by atoms with van der Waals surface area (Å²) < 4.78 is 31.9. The lowest BCUT2D eigenvalue weighted by atomic mass is 10.1. The van der Waals surface area contributed by atoms with Crippen molar-refractivity contribution in [2.45, 2.75) is 32.2 Å². The van der Waals surface area contributed by atoms with Gasteiger partial charge in [0.25, 0.3) is 0 Å². The molecule has 0 aliphatic carbocycles. The third-order valence-corrected chi connectivity index (χ3v) is 5.53. The number of aryl methyl sites for hydroxylation is 1. The Hall–Kier alpha value is -0.950. The van der Waals surface area contributed by atoms with Crippen molar-refractivity contribution in [3.8, 4) is 0 Å². The summed E-state index contributed by atoms with van der Waals surface area (Å²) in [5, 5.41) is 0. The molecule has 2 N–H and O–H groups in total. The number of likely N-dealkylation sites (N-methyl/N-ethyl adjacent to an activating group) is 1. The number of nitrogens with two attached hydrogens (primary N) is 1. The van der Waals surface area contributed by atoms with Crippen molar-refractivity contribution in [2.75, 3.05) is 26.8 Å². The second kappa shape index (κ2) is 7.17. The van der Waals surface area contributed by atoms with Crippen LogP contribution in [0.3, 0.4) is 0 Å². The number of ether oxygens (including phenoxy) is 1. The highest BCUT2D eigenvalue weighted by Crippen LogP contribution is 2.24. The first-order valence-corrected chi connectivity index (χ1v) is 8.11. The zero-order valence-corrected chi connectivity index (χ0v) is 13.5. The molecule has 0 radical (unpaired) electrons. The highest BCUT2D eigenvalue weighted by Gasteiger charge is 2.25. The molecule has 0 aliphatic rings. The second-order valence-corrected chi connectivity index (χ2v) is 6.64. The third-order valence-electron chi connectivity index (χ3n) is 3.43. The van der Waals surface area contributed by atoms with Crippen molar-refractivity contribution in [1.29, 1.82) is 0 Å². The van der Waals surface area contributed by atoms with E-state index in [9.17, 15) is 8.42 Å². The molecule has 114 valence electrons. The smallest absolute Gasteiger partial charge is 0.243 e. The molecule has 0 unspecified atom stereocenters. The minimum atomic E-state index is -3.51. The van der Waals surface area contributed by atoms with E-state index in [0.717, 1.165) is 16.7 Å². The molecule has 0 spiro atoms. The maximum atomic E-state index is 12.7. The molecule has 0 heterocycles. The van der Waals surface area contributed by atoms with E-state index in [1.807, 2.05) is 26.8 Å². The van der Waals surface area contributed by atoms with Crippen molar-refractivity contribution >= 4 is 10.0 Å². The minimum Gasteiger partial charge on any atom is -0.383 e. The highest BCUT2D eigenvalue weighted by molar-refractivity contribution is 7.89. The van der Waals surface area contributed by atoms with E-state index in [0.29, 0.717) is 31.1 Å². The minimum absolute atomic E-state index is 0.327. The van der Waals surface area contributed by atoms with Crippen LogP contribution in [-0.2, 0) is 21.3 Å². The second-order valence-electron chi connectivity index (χ2n) is 4.73. The van der Waals surface area contributed by atoms with Crippen LogP contribution in [0, 0.1) is 13.8 Å². The van der Waals surface area contributed by atoms with Gasteiger partial charge in [-0.1, -0.05) is 13.0 Å². The van der Waals surface area contributed by atoms with Crippen molar-refractivity contribution < 1.29 is 13.2 Å². The Morgan fingerprint density at radius 2 is 1.95 bits per heavy atom. The van der Waals surface area contributed by atoms with Gasteiger partial charge in [-0.15, -0.1) is 0 Å². The molecule has 0 bridgehead atoms. The molecule has 1 aromatic rings. The van der Waals surface area contributed by atoms with Crippen LogP contribution in [0.1, 0.15) is 23.6 Å². The monoisotopic (exact) mass is 300 g/mol. The quantitative estimate of drug-likeness (QED) is 0.826. The first-order chi connectivity index (χ1) is 9.38. The lowest BCUT2D eigenvalue weighted by Gasteiger charge is -2.22. The van der Waals surface area contributed by atoms with Gasteiger partial charge in [-0.3, -0.25) is 0 Å². The van der Waals surface area contributed by atoms with E-state index in [2.05, 4.69) is 0 Å². The van der Waals surface area contributed by atoms with Crippen LogP contribution in [-0.4, -0.2) is 39.5 Å². The summed E-state index contributed by atoms with van der Waals surface area (Å²) in [6.07, 6.45) is 0. The van der Waals surface area contributed by atoms with E-state index >= 15 is 0 Å². The topological polar surface area (TPSA) is 72.6 Å². The fourth-order valence-corrected chi connectivity index (χ4v) is 3.85. The lowest BCUT2D eigenvalue weighted by Crippen LogP contribution is -2.34. The van der Waals surface area contributed by atoms with Gasteiger partial charge in [0.15, 0.2) is 0 Å². The van der Waals surface area contributed by atoms with Crippen molar-refractivity contribution in [3.05, 3.63) is 28.8 Å². The predicted octanol–water partition coefficient (Wildman–Crippen LogP) is 1.42. The number of nitrogens with zero attached hydrogens (tertiary/aromatic N) is 1. The molecule has 0 amide bonds. The van der Waals surface area contributed by atoms with Gasteiger partial charge in [-0.2, -0.15) is 4.31 Å². The van der Waals surface area contributed by atoms with Gasteiger partial charge in [0.1, 0.15) is 0 Å².